The minimum Gasteiger partial charge on any atom is -0.373 e. The summed E-state index contributed by atoms with van der Waals surface area (Å²) in [6.07, 6.45) is 1.77. The Labute approximate surface area is 87.9 Å². The summed E-state index contributed by atoms with van der Waals surface area (Å²) in [5.74, 6) is 0. The first-order valence-corrected chi connectivity index (χ1v) is 4.91. The lowest BCUT2D eigenvalue weighted by Gasteiger charge is -2.13. The summed E-state index contributed by atoms with van der Waals surface area (Å²) in [4.78, 5) is 4.20. The highest BCUT2D eigenvalue weighted by atomic mass is 16.5. The van der Waals surface area contributed by atoms with Crippen molar-refractivity contribution in [2.45, 2.75) is 13.2 Å². The molecule has 0 saturated heterocycles. The smallest absolute Gasteiger partial charge is 0.181 e. The Bertz CT molecular complexity index is 452. The number of ether oxygens (including phenoxy) is 1. The van der Waals surface area contributed by atoms with E-state index in [2.05, 4.69) is 15.8 Å². The molecule has 0 fully saturated rings. The van der Waals surface area contributed by atoms with Crippen molar-refractivity contribution < 1.29 is 4.74 Å². The number of pyridine rings is 1. The van der Waals surface area contributed by atoms with Gasteiger partial charge in [0.05, 0.1) is 25.5 Å². The van der Waals surface area contributed by atoms with Gasteiger partial charge in [0.15, 0.2) is 5.65 Å². The molecular weight excluding hydrogens is 192 g/mol. The minimum absolute atomic E-state index is 0.655. The lowest BCUT2D eigenvalue weighted by molar-refractivity contribution is 0.0811. The third-order valence-corrected chi connectivity index (χ3v) is 2.31. The lowest BCUT2D eigenvalue weighted by Crippen LogP contribution is -2.16. The van der Waals surface area contributed by atoms with Gasteiger partial charge in [0.2, 0.25) is 0 Å². The number of hydrogen-bond donors (Lipinski definition) is 1. The molecule has 1 aliphatic rings. The first-order valence-electron chi connectivity index (χ1n) is 4.91. The SMILES string of the molecule is CN.c1cnc2nn3c(c2c1)COCC3. The van der Waals surface area contributed by atoms with Crippen LogP contribution < -0.4 is 5.73 Å². The van der Waals surface area contributed by atoms with Gasteiger partial charge in [-0.1, -0.05) is 0 Å². The largest absolute Gasteiger partial charge is 0.373 e. The van der Waals surface area contributed by atoms with Crippen molar-refractivity contribution in [3.8, 4) is 0 Å². The Balaban J connectivity index is 0.000000404. The van der Waals surface area contributed by atoms with Gasteiger partial charge in [0.1, 0.15) is 0 Å². The molecule has 2 aromatic rings. The standard InChI is InChI=1S/C9H9N3O.CH5N/c1-2-7-8-6-13-5-4-12(8)11-9(7)10-3-1;1-2/h1-3H,4-6H2;2H2,1H3. The summed E-state index contributed by atoms with van der Waals surface area (Å²) in [7, 11) is 1.50. The highest BCUT2D eigenvalue weighted by Gasteiger charge is 2.14. The maximum atomic E-state index is 5.37. The van der Waals surface area contributed by atoms with Gasteiger partial charge in [0, 0.05) is 11.6 Å². The molecule has 1 aliphatic heterocycles. The topological polar surface area (TPSA) is 66.0 Å². The second-order valence-corrected chi connectivity index (χ2v) is 3.10. The Morgan fingerprint density at radius 1 is 1.47 bits per heavy atom. The normalized spacial score (nSPS) is 14.3. The van der Waals surface area contributed by atoms with E-state index in [-0.39, 0.29) is 0 Å². The van der Waals surface area contributed by atoms with Gasteiger partial charge in [-0.2, -0.15) is 5.10 Å². The average molecular weight is 206 g/mol. The molecule has 3 heterocycles. The monoisotopic (exact) mass is 206 g/mol. The molecule has 0 aliphatic carbocycles. The molecule has 2 aromatic heterocycles. The van der Waals surface area contributed by atoms with Crippen molar-refractivity contribution in [3.05, 3.63) is 24.0 Å². The fourth-order valence-electron chi connectivity index (χ4n) is 1.67. The molecule has 0 radical (unpaired) electrons. The molecule has 0 amide bonds. The number of rotatable bonds is 0. The molecule has 0 atom stereocenters. The van der Waals surface area contributed by atoms with Crippen LogP contribution in [0.25, 0.3) is 11.0 Å². The van der Waals surface area contributed by atoms with E-state index >= 15 is 0 Å². The van der Waals surface area contributed by atoms with Crippen molar-refractivity contribution in [2.75, 3.05) is 13.7 Å². The fraction of sp³-hybridized carbons (Fsp3) is 0.400. The van der Waals surface area contributed by atoms with Crippen LogP contribution in [0.2, 0.25) is 0 Å². The second-order valence-electron chi connectivity index (χ2n) is 3.10. The van der Waals surface area contributed by atoms with Gasteiger partial charge in [0.25, 0.3) is 0 Å². The highest BCUT2D eigenvalue weighted by molar-refractivity contribution is 5.77. The molecule has 2 N–H and O–H groups in total. The Hall–Kier alpha value is -1.46. The third-order valence-electron chi connectivity index (χ3n) is 2.31. The van der Waals surface area contributed by atoms with Crippen LogP contribution in [0.4, 0.5) is 0 Å². The summed E-state index contributed by atoms with van der Waals surface area (Å²) in [5.41, 5.74) is 6.47. The van der Waals surface area contributed by atoms with Crippen molar-refractivity contribution >= 4 is 11.0 Å². The van der Waals surface area contributed by atoms with Gasteiger partial charge in [-0.05, 0) is 19.2 Å². The van der Waals surface area contributed by atoms with Crippen LogP contribution in [-0.2, 0) is 17.9 Å². The molecular formula is C10H14N4O. The molecule has 0 bridgehead atoms. The molecule has 0 aromatic carbocycles. The number of fused-ring (bicyclic) bond motifs is 3. The summed E-state index contributed by atoms with van der Waals surface area (Å²) in [5, 5.41) is 5.49. The summed E-state index contributed by atoms with van der Waals surface area (Å²) in [6.45, 7) is 2.24. The van der Waals surface area contributed by atoms with E-state index < -0.39 is 0 Å². The zero-order valence-corrected chi connectivity index (χ0v) is 8.68. The molecule has 0 unspecified atom stereocenters. The quantitative estimate of drug-likeness (QED) is 0.683. The Morgan fingerprint density at radius 2 is 2.33 bits per heavy atom. The van der Waals surface area contributed by atoms with Crippen LogP contribution >= 0.6 is 0 Å². The zero-order chi connectivity index (χ0) is 10.7. The van der Waals surface area contributed by atoms with E-state index in [1.807, 2.05) is 16.8 Å². The van der Waals surface area contributed by atoms with E-state index in [9.17, 15) is 0 Å². The molecule has 15 heavy (non-hydrogen) atoms. The summed E-state index contributed by atoms with van der Waals surface area (Å²) in [6, 6.07) is 3.97. The van der Waals surface area contributed by atoms with Crippen molar-refractivity contribution in [1.29, 1.82) is 0 Å². The molecule has 0 spiro atoms. The molecule has 5 heteroatoms. The third kappa shape index (κ3) is 1.71. The predicted octanol–water partition coefficient (Wildman–Crippen LogP) is 0.536. The summed E-state index contributed by atoms with van der Waals surface area (Å²) >= 11 is 0. The number of hydrogen-bond acceptors (Lipinski definition) is 4. The number of aromatic nitrogens is 3. The first-order chi connectivity index (χ1) is 7.45. The van der Waals surface area contributed by atoms with Gasteiger partial charge in [-0.15, -0.1) is 0 Å². The predicted molar refractivity (Wildman–Crippen MR) is 57.3 cm³/mol. The van der Waals surface area contributed by atoms with Gasteiger partial charge in [-0.25, -0.2) is 4.98 Å². The Morgan fingerprint density at radius 3 is 3.20 bits per heavy atom. The number of nitrogens with two attached hydrogens (primary N) is 1. The highest BCUT2D eigenvalue weighted by Crippen LogP contribution is 2.19. The fourth-order valence-corrected chi connectivity index (χ4v) is 1.67. The zero-order valence-electron chi connectivity index (χ0n) is 8.68. The molecule has 3 rings (SSSR count). The van der Waals surface area contributed by atoms with E-state index in [0.717, 1.165) is 29.9 Å². The van der Waals surface area contributed by atoms with Crippen LogP contribution in [-0.4, -0.2) is 28.4 Å². The molecule has 80 valence electrons. The number of nitrogens with zero attached hydrogens (tertiary/aromatic N) is 3. The lowest BCUT2D eigenvalue weighted by atomic mass is 10.2. The van der Waals surface area contributed by atoms with E-state index in [0.29, 0.717) is 6.61 Å². The van der Waals surface area contributed by atoms with Gasteiger partial charge < -0.3 is 10.5 Å². The Kier molecular flexibility index (Phi) is 2.94. The van der Waals surface area contributed by atoms with Crippen LogP contribution in [0.15, 0.2) is 18.3 Å². The average Bonchev–Trinajstić information content (AvgIpc) is 2.70. The molecule has 5 nitrogen and oxygen atoms in total. The van der Waals surface area contributed by atoms with Crippen LogP contribution in [0, 0.1) is 0 Å². The van der Waals surface area contributed by atoms with Crippen LogP contribution in [0.1, 0.15) is 5.69 Å². The van der Waals surface area contributed by atoms with Crippen molar-refractivity contribution in [1.82, 2.24) is 14.8 Å². The van der Waals surface area contributed by atoms with Crippen LogP contribution in [0.3, 0.4) is 0 Å². The maximum absolute atomic E-state index is 5.37. The van der Waals surface area contributed by atoms with E-state index in [1.165, 1.54) is 7.05 Å². The van der Waals surface area contributed by atoms with E-state index in [1.54, 1.807) is 6.20 Å². The minimum atomic E-state index is 0.655. The summed E-state index contributed by atoms with van der Waals surface area (Å²) < 4.78 is 7.36. The van der Waals surface area contributed by atoms with Gasteiger partial charge >= 0.3 is 0 Å². The maximum Gasteiger partial charge on any atom is 0.181 e. The van der Waals surface area contributed by atoms with Gasteiger partial charge in [-0.3, -0.25) is 4.68 Å². The molecule has 0 saturated carbocycles. The van der Waals surface area contributed by atoms with Crippen molar-refractivity contribution in [3.63, 3.8) is 0 Å². The van der Waals surface area contributed by atoms with Crippen molar-refractivity contribution in [2.24, 2.45) is 5.73 Å². The van der Waals surface area contributed by atoms with Crippen LogP contribution in [0.5, 0.6) is 0 Å². The second kappa shape index (κ2) is 4.37. The first kappa shape index (κ1) is 10.1. The van der Waals surface area contributed by atoms with E-state index in [4.69, 9.17) is 4.74 Å².